The first-order valence-corrected chi connectivity index (χ1v) is 6.11. The SMILES string of the molecule is CCNC(c1cc(C)ccc1F)C(C(F)(F)F)C(F)(F)F. The Hall–Kier alpha value is -1.31. The summed E-state index contributed by atoms with van der Waals surface area (Å²) < 4.78 is 90.7. The van der Waals surface area contributed by atoms with E-state index in [9.17, 15) is 30.7 Å². The summed E-state index contributed by atoms with van der Waals surface area (Å²) in [6.45, 7) is 2.65. The van der Waals surface area contributed by atoms with Gasteiger partial charge in [0.05, 0.1) is 6.04 Å². The first kappa shape index (κ1) is 17.7. The third kappa shape index (κ3) is 4.33. The van der Waals surface area contributed by atoms with Crippen LogP contribution in [0.2, 0.25) is 0 Å². The van der Waals surface area contributed by atoms with Crippen LogP contribution in [0.15, 0.2) is 18.2 Å². The average Bonchev–Trinajstić information content (AvgIpc) is 2.28. The van der Waals surface area contributed by atoms with Crippen molar-refractivity contribution in [2.24, 2.45) is 5.92 Å². The topological polar surface area (TPSA) is 12.0 Å². The van der Waals surface area contributed by atoms with Crippen LogP contribution in [0.4, 0.5) is 30.7 Å². The minimum absolute atomic E-state index is 0.166. The van der Waals surface area contributed by atoms with E-state index in [2.05, 4.69) is 5.32 Å². The Morgan fingerprint density at radius 2 is 1.57 bits per heavy atom. The zero-order valence-corrected chi connectivity index (χ0v) is 11.2. The molecule has 1 N–H and O–H groups in total. The van der Waals surface area contributed by atoms with Gasteiger partial charge >= 0.3 is 12.4 Å². The van der Waals surface area contributed by atoms with E-state index in [1.807, 2.05) is 0 Å². The molecule has 1 rings (SSSR count). The molecule has 0 aliphatic carbocycles. The van der Waals surface area contributed by atoms with E-state index >= 15 is 0 Å². The summed E-state index contributed by atoms with van der Waals surface area (Å²) in [5.41, 5.74) is -0.270. The lowest BCUT2D eigenvalue weighted by Gasteiger charge is -2.31. The van der Waals surface area contributed by atoms with Crippen molar-refractivity contribution in [1.82, 2.24) is 5.32 Å². The summed E-state index contributed by atoms with van der Waals surface area (Å²) in [7, 11) is 0. The molecule has 0 amide bonds. The molecular formula is C13H14F7N. The maximum Gasteiger partial charge on any atom is 0.402 e. The Bertz CT molecular complexity index is 464. The zero-order chi connectivity index (χ0) is 16.4. The van der Waals surface area contributed by atoms with Gasteiger partial charge in [-0.15, -0.1) is 0 Å². The van der Waals surface area contributed by atoms with Gasteiger partial charge in [-0.2, -0.15) is 26.3 Å². The van der Waals surface area contributed by atoms with Gasteiger partial charge < -0.3 is 5.32 Å². The number of hydrogen-bond acceptors (Lipinski definition) is 1. The Kier molecular flexibility index (Phi) is 5.25. The number of aryl methyl sites for hydroxylation is 1. The number of halogens is 7. The molecule has 1 atom stereocenters. The largest absolute Gasteiger partial charge is 0.402 e. The van der Waals surface area contributed by atoms with Gasteiger partial charge in [0.25, 0.3) is 0 Å². The molecule has 0 heterocycles. The average molecular weight is 317 g/mol. The lowest BCUT2D eigenvalue weighted by atomic mass is 9.90. The first-order valence-electron chi connectivity index (χ1n) is 6.11. The number of rotatable bonds is 4. The maximum atomic E-state index is 13.7. The molecule has 0 aromatic heterocycles. The molecule has 0 aliphatic rings. The molecule has 0 aliphatic heterocycles. The summed E-state index contributed by atoms with van der Waals surface area (Å²) in [4.78, 5) is 0. The van der Waals surface area contributed by atoms with E-state index in [1.165, 1.54) is 19.9 Å². The summed E-state index contributed by atoms with van der Waals surface area (Å²) in [5, 5.41) is 2.10. The summed E-state index contributed by atoms with van der Waals surface area (Å²) in [6.07, 6.45) is -11.1. The molecule has 8 heteroatoms. The van der Waals surface area contributed by atoms with Gasteiger partial charge in [0.2, 0.25) is 0 Å². The van der Waals surface area contributed by atoms with E-state index < -0.39 is 35.7 Å². The van der Waals surface area contributed by atoms with E-state index in [-0.39, 0.29) is 6.54 Å². The van der Waals surface area contributed by atoms with Crippen LogP contribution in [0.25, 0.3) is 0 Å². The van der Waals surface area contributed by atoms with Gasteiger partial charge in [-0.25, -0.2) is 4.39 Å². The lowest BCUT2D eigenvalue weighted by molar-refractivity contribution is -0.292. The fraction of sp³-hybridized carbons (Fsp3) is 0.538. The van der Waals surface area contributed by atoms with E-state index in [4.69, 9.17) is 0 Å². The van der Waals surface area contributed by atoms with Gasteiger partial charge in [0.1, 0.15) is 5.82 Å². The molecule has 0 bridgehead atoms. The predicted octanol–water partition coefficient (Wildman–Crippen LogP) is 4.53. The fourth-order valence-corrected chi connectivity index (χ4v) is 2.09. The van der Waals surface area contributed by atoms with Crippen LogP contribution in [0.1, 0.15) is 24.1 Å². The number of hydrogen-bond donors (Lipinski definition) is 1. The van der Waals surface area contributed by atoms with Crippen molar-refractivity contribution in [1.29, 1.82) is 0 Å². The molecule has 0 saturated carbocycles. The minimum atomic E-state index is -5.54. The van der Waals surface area contributed by atoms with Crippen molar-refractivity contribution in [3.05, 3.63) is 35.1 Å². The highest BCUT2D eigenvalue weighted by Gasteiger charge is 2.60. The van der Waals surface area contributed by atoms with Crippen molar-refractivity contribution in [3.8, 4) is 0 Å². The number of nitrogens with one attached hydrogen (secondary N) is 1. The molecule has 1 aromatic rings. The lowest BCUT2D eigenvalue weighted by Crippen LogP contribution is -2.46. The summed E-state index contributed by atoms with van der Waals surface area (Å²) in [5.74, 6) is -4.79. The fourth-order valence-electron chi connectivity index (χ4n) is 2.09. The van der Waals surface area contributed by atoms with Gasteiger partial charge in [0.15, 0.2) is 5.92 Å². The molecule has 1 nitrogen and oxygen atoms in total. The molecule has 1 aromatic carbocycles. The molecule has 0 fully saturated rings. The summed E-state index contributed by atoms with van der Waals surface area (Å²) in [6, 6.07) is 0.902. The van der Waals surface area contributed by atoms with E-state index in [0.717, 1.165) is 12.1 Å². The molecule has 1 unspecified atom stereocenters. The van der Waals surface area contributed by atoms with Gasteiger partial charge in [-0.3, -0.25) is 0 Å². The molecule has 0 radical (unpaired) electrons. The molecule has 0 saturated heterocycles. The van der Waals surface area contributed by atoms with Crippen LogP contribution >= 0.6 is 0 Å². The standard InChI is InChI=1S/C13H14F7N/c1-3-21-10(8-6-7(2)4-5-9(8)14)11(12(15,16)17)13(18,19)20/h4-6,10-11,21H,3H2,1-2H3. The van der Waals surface area contributed by atoms with Crippen LogP contribution in [0, 0.1) is 18.7 Å². The van der Waals surface area contributed by atoms with E-state index in [1.54, 1.807) is 0 Å². The van der Waals surface area contributed by atoms with Crippen LogP contribution in [0.5, 0.6) is 0 Å². The monoisotopic (exact) mass is 317 g/mol. The maximum absolute atomic E-state index is 13.7. The van der Waals surface area contributed by atoms with Crippen LogP contribution in [-0.2, 0) is 0 Å². The highest BCUT2D eigenvalue weighted by Crippen LogP contribution is 2.46. The van der Waals surface area contributed by atoms with Crippen molar-refractivity contribution in [2.75, 3.05) is 6.54 Å². The van der Waals surface area contributed by atoms with Gasteiger partial charge in [-0.1, -0.05) is 24.6 Å². The Labute approximate surface area is 117 Å². The highest BCUT2D eigenvalue weighted by molar-refractivity contribution is 5.28. The predicted molar refractivity (Wildman–Crippen MR) is 63.2 cm³/mol. The molecule has 120 valence electrons. The zero-order valence-electron chi connectivity index (χ0n) is 11.2. The van der Waals surface area contributed by atoms with Crippen molar-refractivity contribution in [3.63, 3.8) is 0 Å². The normalized spacial score (nSPS) is 14.6. The second-order valence-corrected chi connectivity index (χ2v) is 4.62. The Balaban J connectivity index is 3.41. The summed E-state index contributed by atoms with van der Waals surface area (Å²) >= 11 is 0. The third-order valence-corrected chi connectivity index (χ3v) is 2.95. The second kappa shape index (κ2) is 6.21. The second-order valence-electron chi connectivity index (χ2n) is 4.62. The molecular weight excluding hydrogens is 303 g/mol. The van der Waals surface area contributed by atoms with Crippen molar-refractivity contribution in [2.45, 2.75) is 32.2 Å². The quantitative estimate of drug-likeness (QED) is 0.805. The van der Waals surface area contributed by atoms with Crippen LogP contribution in [0.3, 0.4) is 0 Å². The van der Waals surface area contributed by atoms with Crippen LogP contribution in [-0.4, -0.2) is 18.9 Å². The number of alkyl halides is 6. The third-order valence-electron chi connectivity index (χ3n) is 2.95. The van der Waals surface area contributed by atoms with Crippen molar-refractivity contribution < 1.29 is 30.7 Å². The molecule has 0 spiro atoms. The Morgan fingerprint density at radius 1 is 1.05 bits per heavy atom. The first-order chi connectivity index (χ1) is 9.48. The van der Waals surface area contributed by atoms with E-state index in [0.29, 0.717) is 5.56 Å². The van der Waals surface area contributed by atoms with Crippen LogP contribution < -0.4 is 5.32 Å². The van der Waals surface area contributed by atoms with Gasteiger partial charge in [-0.05, 0) is 19.5 Å². The molecule has 21 heavy (non-hydrogen) atoms. The minimum Gasteiger partial charge on any atom is -0.309 e. The Morgan fingerprint density at radius 3 is 2.00 bits per heavy atom. The smallest absolute Gasteiger partial charge is 0.309 e. The van der Waals surface area contributed by atoms with Gasteiger partial charge in [0, 0.05) is 5.56 Å². The highest BCUT2D eigenvalue weighted by atomic mass is 19.4. The van der Waals surface area contributed by atoms with Crippen molar-refractivity contribution >= 4 is 0 Å². The number of benzene rings is 1.